The Hall–Kier alpha value is -2.28. The number of hydrogen-bond acceptors (Lipinski definition) is 5. The van der Waals surface area contributed by atoms with Gasteiger partial charge < -0.3 is 4.90 Å². The number of benzene rings is 1. The van der Waals surface area contributed by atoms with Crippen LogP contribution in [0.4, 0.5) is 10.1 Å². The summed E-state index contributed by atoms with van der Waals surface area (Å²) in [6, 6.07) is 6.42. The largest absolute Gasteiger partial charge is 0.365 e. The molecule has 0 radical (unpaired) electrons. The van der Waals surface area contributed by atoms with Gasteiger partial charge in [-0.1, -0.05) is 11.3 Å². The molecule has 1 aromatic carbocycles. The van der Waals surface area contributed by atoms with Gasteiger partial charge in [0, 0.05) is 18.3 Å². The van der Waals surface area contributed by atoms with Crippen molar-refractivity contribution in [1.82, 2.24) is 14.6 Å². The van der Waals surface area contributed by atoms with E-state index < -0.39 is 0 Å². The summed E-state index contributed by atoms with van der Waals surface area (Å²) in [4.78, 5) is 19.5. The third kappa shape index (κ3) is 2.61. The number of aromatic nitrogens is 3. The minimum Gasteiger partial charge on any atom is -0.365 e. The first-order valence-electron chi connectivity index (χ1n) is 7.50. The molecule has 5 nitrogen and oxygen atoms in total. The first-order valence-corrected chi connectivity index (χ1v) is 8.31. The van der Waals surface area contributed by atoms with Crippen LogP contribution in [-0.2, 0) is 13.0 Å². The number of hydrogen-bond donors (Lipinski definition) is 0. The summed E-state index contributed by atoms with van der Waals surface area (Å²) in [6.07, 6.45) is 1.85. The van der Waals surface area contributed by atoms with Crippen LogP contribution in [0.2, 0.25) is 0 Å². The lowest BCUT2D eigenvalue weighted by Gasteiger charge is -2.31. The monoisotopic (exact) mass is 330 g/mol. The van der Waals surface area contributed by atoms with Gasteiger partial charge in [0.1, 0.15) is 10.8 Å². The van der Waals surface area contributed by atoms with E-state index in [1.54, 1.807) is 6.07 Å². The van der Waals surface area contributed by atoms with E-state index in [-0.39, 0.29) is 11.4 Å². The van der Waals surface area contributed by atoms with Gasteiger partial charge in [0.15, 0.2) is 0 Å². The Morgan fingerprint density at radius 1 is 1.35 bits per heavy atom. The average Bonchev–Trinajstić information content (AvgIpc) is 2.88. The molecular formula is C16H15FN4OS. The number of anilines is 1. The number of aryl methyl sites for hydroxylation is 2. The van der Waals surface area contributed by atoms with E-state index in [9.17, 15) is 9.18 Å². The Morgan fingerprint density at radius 2 is 2.22 bits per heavy atom. The lowest BCUT2D eigenvalue weighted by Crippen LogP contribution is -2.30. The molecule has 0 bridgehead atoms. The van der Waals surface area contributed by atoms with E-state index >= 15 is 0 Å². The van der Waals surface area contributed by atoms with E-state index in [1.807, 2.05) is 13.0 Å². The van der Waals surface area contributed by atoms with Crippen molar-refractivity contribution in [3.8, 4) is 0 Å². The van der Waals surface area contributed by atoms with Gasteiger partial charge in [0.05, 0.1) is 12.2 Å². The van der Waals surface area contributed by atoms with Crippen LogP contribution in [0.25, 0.3) is 4.96 Å². The molecule has 118 valence electrons. The molecule has 23 heavy (non-hydrogen) atoms. The van der Waals surface area contributed by atoms with Gasteiger partial charge in [-0.05, 0) is 43.5 Å². The summed E-state index contributed by atoms with van der Waals surface area (Å²) < 4.78 is 14.7. The molecule has 0 saturated heterocycles. The highest BCUT2D eigenvalue weighted by Crippen LogP contribution is 2.28. The Balaban J connectivity index is 1.70. The van der Waals surface area contributed by atoms with Crippen molar-refractivity contribution in [3.05, 3.63) is 56.7 Å². The molecule has 0 saturated carbocycles. The first-order chi connectivity index (χ1) is 11.1. The fraction of sp³-hybridized carbons (Fsp3) is 0.312. The van der Waals surface area contributed by atoms with Gasteiger partial charge in [-0.15, -0.1) is 0 Å². The molecule has 0 unspecified atom stereocenters. The summed E-state index contributed by atoms with van der Waals surface area (Å²) in [7, 11) is 0. The van der Waals surface area contributed by atoms with Gasteiger partial charge in [-0.25, -0.2) is 9.37 Å². The Morgan fingerprint density at radius 3 is 3.09 bits per heavy atom. The molecule has 0 amide bonds. The van der Waals surface area contributed by atoms with Crippen molar-refractivity contribution in [3.63, 3.8) is 0 Å². The highest BCUT2D eigenvalue weighted by atomic mass is 32.1. The van der Waals surface area contributed by atoms with Gasteiger partial charge in [-0.3, -0.25) is 4.79 Å². The zero-order chi connectivity index (χ0) is 16.0. The van der Waals surface area contributed by atoms with Crippen LogP contribution in [-0.4, -0.2) is 21.1 Å². The van der Waals surface area contributed by atoms with Gasteiger partial charge in [0.2, 0.25) is 4.96 Å². The minimum absolute atomic E-state index is 0.161. The molecule has 4 rings (SSSR count). The number of nitrogens with zero attached hydrogens (tertiary/aromatic N) is 4. The van der Waals surface area contributed by atoms with Crippen LogP contribution in [0.1, 0.15) is 22.7 Å². The van der Waals surface area contributed by atoms with Crippen LogP contribution in [0.5, 0.6) is 0 Å². The van der Waals surface area contributed by atoms with E-state index in [2.05, 4.69) is 15.0 Å². The summed E-state index contributed by atoms with van der Waals surface area (Å²) in [6.45, 7) is 3.27. The summed E-state index contributed by atoms with van der Waals surface area (Å²) in [5.74, 6) is -0.205. The third-order valence-electron chi connectivity index (χ3n) is 4.01. The number of halogens is 1. The molecular weight excluding hydrogens is 315 g/mol. The van der Waals surface area contributed by atoms with Gasteiger partial charge in [-0.2, -0.15) is 9.61 Å². The Labute approximate surface area is 136 Å². The van der Waals surface area contributed by atoms with E-state index in [1.165, 1.54) is 28.0 Å². The van der Waals surface area contributed by atoms with Gasteiger partial charge in [0.25, 0.3) is 5.56 Å². The highest BCUT2D eigenvalue weighted by Gasteiger charge is 2.18. The van der Waals surface area contributed by atoms with E-state index in [4.69, 9.17) is 0 Å². The maximum atomic E-state index is 13.4. The van der Waals surface area contributed by atoms with Crippen LogP contribution in [0.15, 0.2) is 29.1 Å². The molecule has 3 heterocycles. The Kier molecular flexibility index (Phi) is 3.37. The molecule has 1 aliphatic rings. The second kappa shape index (κ2) is 5.42. The molecule has 2 aromatic heterocycles. The summed E-state index contributed by atoms with van der Waals surface area (Å²) >= 11 is 1.40. The fourth-order valence-corrected chi connectivity index (χ4v) is 3.80. The zero-order valence-electron chi connectivity index (χ0n) is 12.6. The normalized spacial score (nSPS) is 14.3. The van der Waals surface area contributed by atoms with Crippen molar-refractivity contribution in [2.24, 2.45) is 0 Å². The van der Waals surface area contributed by atoms with Crippen molar-refractivity contribution in [2.45, 2.75) is 26.3 Å². The molecule has 1 aliphatic heterocycles. The predicted octanol–water partition coefficient (Wildman–Crippen LogP) is 2.55. The molecule has 0 atom stereocenters. The third-order valence-corrected chi connectivity index (χ3v) is 4.83. The second-order valence-corrected chi connectivity index (χ2v) is 6.86. The van der Waals surface area contributed by atoms with Crippen LogP contribution < -0.4 is 10.5 Å². The molecule has 7 heteroatoms. The van der Waals surface area contributed by atoms with Crippen LogP contribution in [0.3, 0.4) is 0 Å². The molecule has 3 aromatic rings. The second-order valence-electron chi connectivity index (χ2n) is 5.70. The lowest BCUT2D eigenvalue weighted by molar-refractivity contribution is 0.617. The lowest BCUT2D eigenvalue weighted by atomic mass is 10.0. The quantitative estimate of drug-likeness (QED) is 0.725. The molecule has 0 N–H and O–H groups in total. The zero-order valence-corrected chi connectivity index (χ0v) is 13.4. The highest BCUT2D eigenvalue weighted by molar-refractivity contribution is 7.16. The minimum atomic E-state index is -0.205. The van der Waals surface area contributed by atoms with Crippen molar-refractivity contribution in [1.29, 1.82) is 0 Å². The van der Waals surface area contributed by atoms with Crippen LogP contribution in [0, 0.1) is 12.7 Å². The van der Waals surface area contributed by atoms with Crippen molar-refractivity contribution < 1.29 is 4.39 Å². The molecule has 0 aliphatic carbocycles. The number of fused-ring (bicyclic) bond motifs is 2. The fourth-order valence-electron chi connectivity index (χ4n) is 3.04. The first kappa shape index (κ1) is 14.3. The summed E-state index contributed by atoms with van der Waals surface area (Å²) in [5.41, 5.74) is 2.60. The smallest absolute Gasteiger partial charge is 0.275 e. The van der Waals surface area contributed by atoms with Crippen molar-refractivity contribution >= 4 is 22.0 Å². The van der Waals surface area contributed by atoms with E-state index in [0.29, 0.717) is 11.5 Å². The molecule has 0 spiro atoms. The van der Waals surface area contributed by atoms with E-state index in [0.717, 1.165) is 41.3 Å². The predicted molar refractivity (Wildman–Crippen MR) is 87.6 cm³/mol. The topological polar surface area (TPSA) is 50.5 Å². The average molecular weight is 330 g/mol. The van der Waals surface area contributed by atoms with Crippen LogP contribution >= 0.6 is 11.3 Å². The molecule has 0 fully saturated rings. The standard InChI is InChI=1S/C16H15FN4OS/c1-10-19-21-15(22)8-13(18-16(21)23-10)9-20-6-2-3-11-7-12(17)4-5-14(11)20/h4-5,7-8H,2-3,6,9H2,1H3. The van der Waals surface area contributed by atoms with Crippen molar-refractivity contribution in [2.75, 3.05) is 11.4 Å². The Bertz CT molecular complexity index is 949. The maximum Gasteiger partial charge on any atom is 0.275 e. The SMILES string of the molecule is Cc1nn2c(=O)cc(CN3CCCc4cc(F)ccc43)nc2s1. The number of rotatable bonds is 2. The van der Waals surface area contributed by atoms with Gasteiger partial charge >= 0.3 is 0 Å². The summed E-state index contributed by atoms with van der Waals surface area (Å²) in [5, 5.41) is 4.96. The maximum absolute atomic E-state index is 13.4.